The van der Waals surface area contributed by atoms with E-state index in [9.17, 15) is 22.0 Å². The number of hydrogen-bond acceptors (Lipinski definition) is 3. The molecule has 0 saturated carbocycles. The molecule has 1 N–H and O–H groups in total. The Balaban J connectivity index is 1.36. The summed E-state index contributed by atoms with van der Waals surface area (Å²) in [6.07, 6.45) is 2.16. The molecular weight excluding hydrogens is 1210 g/mol. The number of nitrogens with zero attached hydrogens (tertiary/aromatic N) is 4. The first kappa shape index (κ1) is 55.6. The number of aromatic amines is 1. The molecular formula is C55H10F25N5. The molecule has 0 aliphatic carbocycles. The van der Waals surface area contributed by atoms with E-state index in [1.165, 1.54) is 0 Å². The summed E-state index contributed by atoms with van der Waals surface area (Å²) in [5, 5.41) is -2.24. The molecule has 3 aromatic heterocycles. The van der Waals surface area contributed by atoms with E-state index < -0.39 is 263 Å². The highest BCUT2D eigenvalue weighted by Gasteiger charge is 2.40. The Morgan fingerprint density at radius 1 is 0.282 bits per heavy atom. The fourth-order valence-electron chi connectivity index (χ4n) is 10.0. The molecule has 8 bridgehead atoms. The number of halogens is 25. The highest BCUT2D eigenvalue weighted by molar-refractivity contribution is 6.32. The average molecular weight is 1220 g/mol. The molecule has 7 heterocycles. The van der Waals surface area contributed by atoms with E-state index >= 15 is 87.8 Å². The van der Waals surface area contributed by atoms with Crippen molar-refractivity contribution in [2.45, 2.75) is 0 Å². The van der Waals surface area contributed by atoms with Crippen molar-refractivity contribution in [3.05, 3.63) is 261 Å². The second-order valence-corrected chi connectivity index (χ2v) is 18.1. The second kappa shape index (κ2) is 19.1. The van der Waals surface area contributed by atoms with Crippen molar-refractivity contribution in [3.63, 3.8) is 0 Å². The first-order valence-electron chi connectivity index (χ1n) is 23.0. The van der Waals surface area contributed by atoms with E-state index in [0.717, 1.165) is 0 Å². The molecule has 4 aliphatic rings. The van der Waals surface area contributed by atoms with Gasteiger partial charge in [0.2, 0.25) is 29.1 Å². The molecule has 8 aromatic rings. The van der Waals surface area contributed by atoms with E-state index in [-0.39, 0.29) is 0 Å². The van der Waals surface area contributed by atoms with E-state index in [1.54, 1.807) is 0 Å². The smallest absolute Gasteiger partial charge is 0.200 e. The summed E-state index contributed by atoms with van der Waals surface area (Å²) < 4.78 is 390. The van der Waals surface area contributed by atoms with Crippen LogP contribution >= 0.6 is 0 Å². The summed E-state index contributed by atoms with van der Waals surface area (Å²) >= 11 is 0. The van der Waals surface area contributed by atoms with Gasteiger partial charge in [-0.1, -0.05) is 0 Å². The third kappa shape index (κ3) is 7.54. The number of rotatable bonds is 5. The van der Waals surface area contributed by atoms with Gasteiger partial charge in [0, 0.05) is 44.1 Å². The Morgan fingerprint density at radius 3 is 0.953 bits per heavy atom. The topological polar surface area (TPSA) is 57.3 Å². The number of aromatic nitrogens is 2. The zero-order valence-corrected chi connectivity index (χ0v) is 39.9. The lowest BCUT2D eigenvalue weighted by molar-refractivity contribution is 0.376. The third-order valence-corrected chi connectivity index (χ3v) is 13.7. The van der Waals surface area contributed by atoms with Crippen molar-refractivity contribution in [1.29, 1.82) is 0 Å². The molecule has 85 heavy (non-hydrogen) atoms. The van der Waals surface area contributed by atoms with Crippen molar-refractivity contribution >= 4 is 45.3 Å². The minimum absolute atomic E-state index is 0.318. The maximum atomic E-state index is 16.5. The Hall–Kier alpha value is -9.90. The minimum atomic E-state index is -2.87. The van der Waals surface area contributed by atoms with E-state index in [4.69, 9.17) is 0 Å². The molecule has 0 spiro atoms. The lowest BCUT2D eigenvalue weighted by Gasteiger charge is -2.15. The van der Waals surface area contributed by atoms with Gasteiger partial charge in [-0.25, -0.2) is 125 Å². The quantitative estimate of drug-likeness (QED) is 0.101. The van der Waals surface area contributed by atoms with Gasteiger partial charge in [0.1, 0.15) is 5.49 Å². The first-order valence-corrected chi connectivity index (χ1v) is 23.0. The minimum Gasteiger partial charge on any atom is -0.354 e. The second-order valence-electron chi connectivity index (χ2n) is 18.1. The number of benzene rings is 5. The lowest BCUT2D eigenvalue weighted by Crippen LogP contribution is -2.24. The molecule has 0 saturated heterocycles. The highest BCUT2D eigenvalue weighted by Crippen LogP contribution is 2.46. The number of hydrogen-bond donors (Lipinski definition) is 1. The monoisotopic (exact) mass is 1220 g/mol. The summed E-state index contributed by atoms with van der Waals surface area (Å²) in [4.78, 5) is 14.1. The summed E-state index contributed by atoms with van der Waals surface area (Å²) in [5.74, 6) is -69.6. The fraction of sp³-hybridized carbons (Fsp3) is 0. The maximum Gasteiger partial charge on any atom is 0.200 e. The van der Waals surface area contributed by atoms with Crippen LogP contribution in [0.2, 0.25) is 0 Å². The number of nitrogens with one attached hydrogen (secondary N) is 1. The molecule has 4 aliphatic heterocycles. The lowest BCUT2D eigenvalue weighted by atomic mass is 9.96. The first-order chi connectivity index (χ1) is 40.1. The van der Waals surface area contributed by atoms with Crippen molar-refractivity contribution in [3.8, 4) is 11.1 Å². The predicted octanol–water partition coefficient (Wildman–Crippen LogP) is 13.4. The van der Waals surface area contributed by atoms with Crippen LogP contribution in [0.15, 0.2) is 80.6 Å². The molecule has 12 rings (SSSR count). The van der Waals surface area contributed by atoms with E-state index in [2.05, 4.69) is 20.0 Å². The van der Waals surface area contributed by atoms with Gasteiger partial charge in [0.15, 0.2) is 116 Å². The molecule has 5 nitrogen and oxygen atoms in total. The highest BCUT2D eigenvalue weighted by atomic mass is 19.2. The van der Waals surface area contributed by atoms with Crippen LogP contribution in [0.4, 0.5) is 110 Å². The van der Waals surface area contributed by atoms with Gasteiger partial charge in [0.25, 0.3) is 0 Å². The average Bonchev–Trinajstić information content (AvgIpc) is 1.67. The van der Waals surface area contributed by atoms with Gasteiger partial charge in [-0.05, 0) is 54.6 Å². The van der Waals surface area contributed by atoms with Gasteiger partial charge in [-0.2, -0.15) is 0 Å². The third-order valence-electron chi connectivity index (χ3n) is 13.7. The van der Waals surface area contributed by atoms with Gasteiger partial charge >= 0.3 is 0 Å². The Morgan fingerprint density at radius 2 is 0.588 bits per heavy atom. The van der Waals surface area contributed by atoms with Crippen molar-refractivity contribution < 1.29 is 110 Å². The molecule has 30 heteroatoms. The molecule has 0 amide bonds. The molecule has 430 valence electrons. The van der Waals surface area contributed by atoms with Crippen LogP contribution in [0, 0.1) is 145 Å². The summed E-state index contributed by atoms with van der Waals surface area (Å²) in [5.41, 5.74) is -28.5. The van der Waals surface area contributed by atoms with Crippen molar-refractivity contribution in [2.24, 2.45) is 15.0 Å². The Labute approximate surface area is 450 Å². The van der Waals surface area contributed by atoms with E-state index in [1.807, 2.05) is 0 Å². The van der Waals surface area contributed by atoms with Crippen LogP contribution in [0.5, 0.6) is 0 Å². The molecule has 0 fully saturated rings. The zero-order valence-electron chi connectivity index (χ0n) is 39.9. The fourth-order valence-corrected chi connectivity index (χ4v) is 10.0. The molecule has 0 radical (unpaired) electrons. The van der Waals surface area contributed by atoms with Crippen LogP contribution < -0.4 is 16.2 Å². The Bertz CT molecular complexity index is 4850. The largest absolute Gasteiger partial charge is 0.354 e. The normalized spacial score (nSPS) is 14.7. The summed E-state index contributed by atoms with van der Waals surface area (Å²) in [6, 6.07) is 2.12. The maximum absolute atomic E-state index is 16.5. The van der Waals surface area contributed by atoms with Crippen LogP contribution in [-0.2, 0) is 0 Å². The van der Waals surface area contributed by atoms with Crippen LogP contribution in [0.1, 0.15) is 33.5 Å². The Kier molecular flexibility index (Phi) is 12.5. The SMILES string of the molecule is Fc1c(F)c(F)c(C2=C3C=CC(=N3)C(c3c(F)c(F)c(F)c(F)c3F)=c3ccc([nH]3)=C(c3c(F)c(F)c(F)c(F)c3F)C3=NC(=C(c4c(F)c(F)c(F)c(F)c4F)c4ccc5c(-c6c(F)c(F)c(F)c(F)c6F)c6c(n45)=NC2=C6)C=C3)c(F)c1F. The summed E-state index contributed by atoms with van der Waals surface area (Å²) in [7, 11) is 0. The van der Waals surface area contributed by atoms with Gasteiger partial charge in [-0.3, -0.25) is 4.40 Å². The number of H-pyrrole nitrogens is 1. The summed E-state index contributed by atoms with van der Waals surface area (Å²) in [6.45, 7) is 0. The number of allylic oxidation sites excluding steroid dienone is 5. The van der Waals surface area contributed by atoms with Gasteiger partial charge in [-0.15, -0.1) is 0 Å². The van der Waals surface area contributed by atoms with Crippen LogP contribution in [0.3, 0.4) is 0 Å². The van der Waals surface area contributed by atoms with E-state index in [0.29, 0.717) is 59.0 Å². The van der Waals surface area contributed by atoms with Gasteiger partial charge in [0.05, 0.1) is 67.5 Å². The van der Waals surface area contributed by atoms with Crippen molar-refractivity contribution in [2.75, 3.05) is 0 Å². The number of fused-ring (bicyclic) bond motifs is 5. The molecule has 5 aromatic carbocycles. The molecule has 0 atom stereocenters. The van der Waals surface area contributed by atoms with Crippen molar-refractivity contribution in [1.82, 2.24) is 9.38 Å². The number of aliphatic imine (C=N–C) groups is 2. The van der Waals surface area contributed by atoms with Gasteiger partial charge < -0.3 is 4.98 Å². The molecule has 0 unspecified atom stereocenters. The van der Waals surface area contributed by atoms with Crippen LogP contribution in [0.25, 0.3) is 45.0 Å². The van der Waals surface area contributed by atoms with Crippen LogP contribution in [-0.4, -0.2) is 20.8 Å². The zero-order chi connectivity index (χ0) is 61.3. The predicted molar refractivity (Wildman–Crippen MR) is 243 cm³/mol. The standard InChI is InChI=1S/C55H10F25N5/c56-30-25(31(57)41(67)50(76)40(30)66)20-10-9-17-23(28-36(62)46(72)53(79)47(73)37(28)63)15-4-3-13(82-15)21(26-32(58)42(68)51(77)43(69)33(26)59)11-1-2-12(81-11)22(27-34(60)44(70)52(78)45(71)35(27)61)14-5-6-16(83-14)24(19-8-7-18(20)85(19)55(10)84-17)29-38(64)48(74)54(80)49(75)39(29)65/h1-9,81H.